The summed E-state index contributed by atoms with van der Waals surface area (Å²) in [6.45, 7) is 1.31. The number of carbonyl (C=O) groups is 1. The molecule has 0 atom stereocenters. The number of amides is 1. The number of alkyl halides is 3. The van der Waals surface area contributed by atoms with Gasteiger partial charge in [-0.25, -0.2) is 8.42 Å². The van der Waals surface area contributed by atoms with Crippen LogP contribution in [0.25, 0.3) is 0 Å². The van der Waals surface area contributed by atoms with E-state index in [1.54, 1.807) is 23.1 Å². The van der Waals surface area contributed by atoms with Gasteiger partial charge in [0, 0.05) is 36.3 Å². The fourth-order valence-electron chi connectivity index (χ4n) is 3.69. The molecule has 1 aliphatic heterocycles. The molecular weight excluding hydrogens is 537 g/mol. The Bertz CT molecular complexity index is 1280. The first-order valence-corrected chi connectivity index (χ1v) is 12.8. The van der Waals surface area contributed by atoms with Crippen LogP contribution in [0.1, 0.15) is 21.9 Å². The average molecular weight is 557 g/mol. The summed E-state index contributed by atoms with van der Waals surface area (Å²) in [6, 6.07) is 14.2. The molecule has 1 amide bonds. The molecule has 11 heteroatoms. The second-order valence-corrected chi connectivity index (χ2v) is 10.7. The second kappa shape index (κ2) is 9.46. The summed E-state index contributed by atoms with van der Waals surface area (Å²) in [5.41, 5.74) is -0.273. The smallest absolute Gasteiger partial charge is 0.416 e. The molecule has 1 fully saturated rings. The Hall–Kier alpha value is -2.79. The first kappa shape index (κ1) is 24.3. The number of benzene rings is 2. The minimum absolute atomic E-state index is 0.0218. The number of carbonyl (C=O) groups excluding carboxylic acids is 1. The Labute approximate surface area is 203 Å². The first-order valence-electron chi connectivity index (χ1n) is 10.3. The highest BCUT2D eigenvalue weighted by molar-refractivity contribution is 9.10. The molecule has 0 N–H and O–H groups in total. The Morgan fingerprint density at radius 3 is 2.29 bits per heavy atom. The van der Waals surface area contributed by atoms with Crippen LogP contribution in [-0.4, -0.2) is 45.4 Å². The van der Waals surface area contributed by atoms with Crippen molar-refractivity contribution >= 4 is 37.4 Å². The molecule has 0 bridgehead atoms. The van der Waals surface area contributed by atoms with Gasteiger partial charge in [-0.1, -0.05) is 22.0 Å². The highest BCUT2D eigenvalue weighted by atomic mass is 79.9. The molecule has 2 heterocycles. The first-order chi connectivity index (χ1) is 16.0. The third-order valence-corrected chi connectivity index (χ3v) is 7.67. The van der Waals surface area contributed by atoms with Crippen molar-refractivity contribution in [3.05, 3.63) is 82.2 Å². The SMILES string of the molecule is O=C(c1ccc(CS(=O)(=O)c2ccc(Br)cc2)o1)N1CCN(c2cccc(C(F)(F)F)c2)CC1. The number of hydrogen-bond acceptors (Lipinski definition) is 5. The van der Waals surface area contributed by atoms with Crippen LogP contribution in [0.2, 0.25) is 0 Å². The van der Waals surface area contributed by atoms with Crippen molar-refractivity contribution in [1.29, 1.82) is 0 Å². The minimum atomic E-state index is -4.42. The average Bonchev–Trinajstić information content (AvgIpc) is 3.26. The molecule has 180 valence electrons. The number of sulfone groups is 1. The minimum Gasteiger partial charge on any atom is -0.455 e. The fraction of sp³-hybridized carbons (Fsp3) is 0.261. The van der Waals surface area contributed by atoms with Crippen LogP contribution >= 0.6 is 15.9 Å². The van der Waals surface area contributed by atoms with Crippen LogP contribution in [-0.2, 0) is 21.8 Å². The van der Waals surface area contributed by atoms with Crippen LogP contribution in [0.4, 0.5) is 18.9 Å². The zero-order valence-corrected chi connectivity index (χ0v) is 20.2. The molecule has 2 aromatic carbocycles. The van der Waals surface area contributed by atoms with E-state index in [1.165, 1.54) is 35.2 Å². The van der Waals surface area contributed by atoms with Crippen LogP contribution < -0.4 is 4.90 Å². The largest absolute Gasteiger partial charge is 0.455 e. The summed E-state index contributed by atoms with van der Waals surface area (Å²) >= 11 is 3.26. The molecule has 6 nitrogen and oxygen atoms in total. The Morgan fingerprint density at radius 2 is 1.65 bits per heavy atom. The van der Waals surface area contributed by atoms with E-state index in [4.69, 9.17) is 4.42 Å². The normalized spacial score (nSPS) is 14.9. The predicted octanol–water partition coefficient (Wildman–Crippen LogP) is 5.00. The maximum atomic E-state index is 13.0. The van der Waals surface area contributed by atoms with Gasteiger partial charge in [0.1, 0.15) is 11.5 Å². The number of piperazine rings is 1. The molecule has 34 heavy (non-hydrogen) atoms. The lowest BCUT2D eigenvalue weighted by molar-refractivity contribution is -0.137. The van der Waals surface area contributed by atoms with E-state index in [1.807, 2.05) is 0 Å². The van der Waals surface area contributed by atoms with Gasteiger partial charge < -0.3 is 14.2 Å². The number of rotatable bonds is 5. The van der Waals surface area contributed by atoms with E-state index in [-0.39, 0.29) is 22.2 Å². The molecular formula is C23H20BrF3N2O4S. The number of halogens is 4. The lowest BCUT2D eigenvalue weighted by Gasteiger charge is -2.36. The van der Waals surface area contributed by atoms with E-state index < -0.39 is 27.5 Å². The summed E-state index contributed by atoms with van der Waals surface area (Å²) in [6.07, 6.45) is -4.42. The Balaban J connectivity index is 1.38. The van der Waals surface area contributed by atoms with Crippen molar-refractivity contribution < 1.29 is 30.8 Å². The highest BCUT2D eigenvalue weighted by Gasteiger charge is 2.31. The fourth-order valence-corrected chi connectivity index (χ4v) is 5.20. The third-order valence-electron chi connectivity index (χ3n) is 5.48. The van der Waals surface area contributed by atoms with Crippen LogP contribution in [0.3, 0.4) is 0 Å². The van der Waals surface area contributed by atoms with Crippen LogP contribution in [0, 0.1) is 0 Å². The summed E-state index contributed by atoms with van der Waals surface area (Å²) in [4.78, 5) is 16.3. The molecule has 0 aliphatic carbocycles. The van der Waals surface area contributed by atoms with Crippen molar-refractivity contribution in [2.75, 3.05) is 31.1 Å². The summed E-state index contributed by atoms with van der Waals surface area (Å²) in [7, 11) is -3.65. The van der Waals surface area contributed by atoms with Gasteiger partial charge in [0.05, 0.1) is 10.5 Å². The molecule has 0 spiro atoms. The van der Waals surface area contributed by atoms with Crippen LogP contribution in [0.5, 0.6) is 0 Å². The van der Waals surface area contributed by atoms with E-state index in [0.29, 0.717) is 31.9 Å². The molecule has 1 aliphatic rings. The maximum absolute atomic E-state index is 13.0. The van der Waals surface area contributed by atoms with Gasteiger partial charge in [-0.15, -0.1) is 0 Å². The zero-order valence-electron chi connectivity index (χ0n) is 17.8. The predicted molar refractivity (Wildman–Crippen MR) is 123 cm³/mol. The molecule has 0 radical (unpaired) electrons. The van der Waals surface area contributed by atoms with E-state index >= 15 is 0 Å². The maximum Gasteiger partial charge on any atom is 0.416 e. The standard InChI is InChI=1S/C23H20BrF3N2O4S/c24-17-4-7-20(8-5-17)34(31,32)15-19-6-9-21(33-19)22(30)29-12-10-28(11-13-29)18-3-1-2-16(14-18)23(25,26)27/h1-9,14H,10-13,15H2. The van der Waals surface area contributed by atoms with Crippen molar-refractivity contribution in [3.63, 3.8) is 0 Å². The van der Waals surface area contributed by atoms with Crippen molar-refractivity contribution in [1.82, 2.24) is 4.90 Å². The second-order valence-electron chi connectivity index (χ2n) is 7.81. The van der Waals surface area contributed by atoms with Gasteiger partial charge >= 0.3 is 6.18 Å². The Morgan fingerprint density at radius 1 is 0.971 bits per heavy atom. The molecule has 1 aromatic heterocycles. The quantitative estimate of drug-likeness (QED) is 0.442. The number of hydrogen-bond donors (Lipinski definition) is 0. The highest BCUT2D eigenvalue weighted by Crippen LogP contribution is 2.32. The van der Waals surface area contributed by atoms with Gasteiger partial charge in [0.15, 0.2) is 15.6 Å². The number of anilines is 1. The van der Waals surface area contributed by atoms with Gasteiger partial charge in [0.2, 0.25) is 0 Å². The number of nitrogens with zero attached hydrogens (tertiary/aromatic N) is 2. The summed E-state index contributed by atoms with van der Waals surface area (Å²) in [5, 5.41) is 0. The molecule has 1 saturated heterocycles. The van der Waals surface area contributed by atoms with Crippen molar-refractivity contribution in [2.24, 2.45) is 0 Å². The summed E-state index contributed by atoms with van der Waals surface area (Å²) in [5.74, 6) is -0.607. The monoisotopic (exact) mass is 556 g/mol. The van der Waals surface area contributed by atoms with Gasteiger partial charge in [-0.3, -0.25) is 4.79 Å². The van der Waals surface area contributed by atoms with E-state index in [9.17, 15) is 26.4 Å². The molecule has 0 saturated carbocycles. The van der Waals surface area contributed by atoms with E-state index in [0.717, 1.165) is 16.6 Å². The van der Waals surface area contributed by atoms with E-state index in [2.05, 4.69) is 15.9 Å². The zero-order chi connectivity index (χ0) is 24.5. The third kappa shape index (κ3) is 5.47. The molecule has 4 rings (SSSR count). The van der Waals surface area contributed by atoms with Crippen molar-refractivity contribution in [2.45, 2.75) is 16.8 Å². The van der Waals surface area contributed by atoms with Gasteiger partial charge in [-0.2, -0.15) is 13.2 Å². The number of furan rings is 1. The molecule has 0 unspecified atom stereocenters. The van der Waals surface area contributed by atoms with Crippen LogP contribution in [0.15, 0.2) is 74.4 Å². The van der Waals surface area contributed by atoms with Crippen molar-refractivity contribution in [3.8, 4) is 0 Å². The van der Waals surface area contributed by atoms with Gasteiger partial charge in [-0.05, 0) is 54.6 Å². The van der Waals surface area contributed by atoms with Gasteiger partial charge in [0.25, 0.3) is 5.91 Å². The Kier molecular flexibility index (Phi) is 6.77. The summed E-state index contributed by atoms with van der Waals surface area (Å²) < 4.78 is 70.4. The molecule has 3 aromatic rings. The lowest BCUT2D eigenvalue weighted by atomic mass is 10.1. The lowest BCUT2D eigenvalue weighted by Crippen LogP contribution is -2.48. The topological polar surface area (TPSA) is 70.8 Å².